The van der Waals surface area contributed by atoms with Gasteiger partial charge < -0.3 is 10.2 Å². The minimum absolute atomic E-state index is 0.164. The van der Waals surface area contributed by atoms with Crippen molar-refractivity contribution in [1.82, 2.24) is 10.2 Å². The third-order valence-electron chi connectivity index (χ3n) is 2.79. The largest absolute Gasteiger partial charge is 0.333 e. The Morgan fingerprint density at radius 1 is 1.60 bits per heavy atom. The average Bonchev–Trinajstić information content (AvgIpc) is 2.74. The topological polar surface area (TPSA) is 32.3 Å². The zero-order chi connectivity index (χ0) is 10.8. The van der Waals surface area contributed by atoms with E-state index in [1.165, 1.54) is 0 Å². The Labute approximate surface area is 94.1 Å². The van der Waals surface area contributed by atoms with Gasteiger partial charge in [-0.15, -0.1) is 0 Å². The standard InChI is InChI=1S/C11H16N2OS/c1-8-6-13(9(2)5-12-8)11(14)10-3-4-15-7-10/h3-4,7-9,12H,5-6H2,1-2H3. The molecule has 2 unspecified atom stereocenters. The zero-order valence-electron chi connectivity index (χ0n) is 9.06. The van der Waals surface area contributed by atoms with Gasteiger partial charge in [-0.3, -0.25) is 4.79 Å². The van der Waals surface area contributed by atoms with E-state index in [9.17, 15) is 4.79 Å². The summed E-state index contributed by atoms with van der Waals surface area (Å²) in [6.07, 6.45) is 0. The lowest BCUT2D eigenvalue weighted by Gasteiger charge is -2.37. The number of hydrogen-bond donors (Lipinski definition) is 1. The first kappa shape index (κ1) is 10.6. The number of nitrogens with zero attached hydrogens (tertiary/aromatic N) is 1. The van der Waals surface area contributed by atoms with Gasteiger partial charge in [-0.25, -0.2) is 0 Å². The first-order valence-electron chi connectivity index (χ1n) is 5.25. The molecule has 82 valence electrons. The van der Waals surface area contributed by atoms with Crippen LogP contribution in [-0.4, -0.2) is 36.0 Å². The van der Waals surface area contributed by atoms with Crippen LogP contribution in [0.25, 0.3) is 0 Å². The number of nitrogens with one attached hydrogen (secondary N) is 1. The fourth-order valence-corrected chi connectivity index (χ4v) is 2.49. The summed E-state index contributed by atoms with van der Waals surface area (Å²) in [5.74, 6) is 0.164. The fraction of sp³-hybridized carbons (Fsp3) is 0.545. The van der Waals surface area contributed by atoms with E-state index in [-0.39, 0.29) is 11.9 Å². The van der Waals surface area contributed by atoms with Gasteiger partial charge in [0.2, 0.25) is 0 Å². The fourth-order valence-electron chi connectivity index (χ4n) is 1.86. The van der Waals surface area contributed by atoms with Crippen molar-refractivity contribution in [3.05, 3.63) is 22.4 Å². The first-order chi connectivity index (χ1) is 7.18. The van der Waals surface area contributed by atoms with Gasteiger partial charge in [0.1, 0.15) is 0 Å². The van der Waals surface area contributed by atoms with Gasteiger partial charge in [0, 0.05) is 30.6 Å². The van der Waals surface area contributed by atoms with Gasteiger partial charge in [0.15, 0.2) is 0 Å². The highest BCUT2D eigenvalue weighted by molar-refractivity contribution is 7.08. The van der Waals surface area contributed by atoms with Crippen LogP contribution < -0.4 is 5.32 Å². The van der Waals surface area contributed by atoms with Crippen LogP contribution in [0.2, 0.25) is 0 Å². The smallest absolute Gasteiger partial charge is 0.255 e. The predicted octanol–water partition coefficient (Wildman–Crippen LogP) is 1.57. The summed E-state index contributed by atoms with van der Waals surface area (Å²) in [7, 11) is 0. The molecule has 1 aliphatic heterocycles. The van der Waals surface area contributed by atoms with Crippen molar-refractivity contribution >= 4 is 17.2 Å². The number of rotatable bonds is 1. The lowest BCUT2D eigenvalue weighted by atomic mass is 10.1. The summed E-state index contributed by atoms with van der Waals surface area (Å²) in [4.78, 5) is 14.1. The first-order valence-corrected chi connectivity index (χ1v) is 6.19. The highest BCUT2D eigenvalue weighted by Crippen LogP contribution is 2.14. The normalized spacial score (nSPS) is 26.7. The molecule has 0 aromatic carbocycles. The number of amides is 1. The highest BCUT2D eigenvalue weighted by Gasteiger charge is 2.27. The number of carbonyl (C=O) groups excluding carboxylic acids is 1. The minimum Gasteiger partial charge on any atom is -0.333 e. The molecule has 1 aromatic heterocycles. The Hall–Kier alpha value is -0.870. The SMILES string of the molecule is CC1CN(C(=O)c2ccsc2)C(C)CN1. The Kier molecular flexibility index (Phi) is 3.07. The maximum absolute atomic E-state index is 12.1. The van der Waals surface area contributed by atoms with E-state index in [0.29, 0.717) is 6.04 Å². The molecule has 0 bridgehead atoms. The summed E-state index contributed by atoms with van der Waals surface area (Å²) < 4.78 is 0. The molecular weight excluding hydrogens is 208 g/mol. The maximum atomic E-state index is 12.1. The van der Waals surface area contributed by atoms with Crippen molar-refractivity contribution in [2.45, 2.75) is 25.9 Å². The second-order valence-electron chi connectivity index (χ2n) is 4.13. The van der Waals surface area contributed by atoms with Gasteiger partial charge >= 0.3 is 0 Å². The molecule has 1 fully saturated rings. The molecule has 0 aliphatic carbocycles. The monoisotopic (exact) mass is 224 g/mol. The summed E-state index contributed by atoms with van der Waals surface area (Å²) in [6, 6.07) is 2.57. The van der Waals surface area contributed by atoms with E-state index in [0.717, 1.165) is 18.7 Å². The van der Waals surface area contributed by atoms with Crippen LogP contribution >= 0.6 is 11.3 Å². The van der Waals surface area contributed by atoms with Crippen molar-refractivity contribution in [3.63, 3.8) is 0 Å². The van der Waals surface area contributed by atoms with Crippen molar-refractivity contribution < 1.29 is 4.79 Å². The van der Waals surface area contributed by atoms with Crippen molar-refractivity contribution in [2.75, 3.05) is 13.1 Å². The summed E-state index contributed by atoms with van der Waals surface area (Å²) in [6.45, 7) is 5.88. The van der Waals surface area contributed by atoms with Crippen LogP contribution in [0, 0.1) is 0 Å². The van der Waals surface area contributed by atoms with E-state index in [1.54, 1.807) is 11.3 Å². The Morgan fingerprint density at radius 3 is 3.07 bits per heavy atom. The van der Waals surface area contributed by atoms with E-state index in [4.69, 9.17) is 0 Å². The van der Waals surface area contributed by atoms with Gasteiger partial charge in [-0.05, 0) is 25.3 Å². The van der Waals surface area contributed by atoms with Crippen molar-refractivity contribution in [3.8, 4) is 0 Å². The van der Waals surface area contributed by atoms with Crippen molar-refractivity contribution in [2.24, 2.45) is 0 Å². The molecule has 3 nitrogen and oxygen atoms in total. The number of piperazine rings is 1. The van der Waals surface area contributed by atoms with Crippen LogP contribution in [0.5, 0.6) is 0 Å². The maximum Gasteiger partial charge on any atom is 0.255 e. The van der Waals surface area contributed by atoms with Gasteiger partial charge in [0.25, 0.3) is 5.91 Å². The van der Waals surface area contributed by atoms with Crippen LogP contribution in [0.15, 0.2) is 16.8 Å². The molecule has 0 spiro atoms. The Bertz CT molecular complexity index is 336. The number of carbonyl (C=O) groups is 1. The molecule has 0 radical (unpaired) electrons. The molecule has 15 heavy (non-hydrogen) atoms. The molecule has 2 rings (SSSR count). The highest BCUT2D eigenvalue weighted by atomic mass is 32.1. The molecule has 2 atom stereocenters. The molecule has 1 N–H and O–H groups in total. The molecule has 0 saturated carbocycles. The molecule has 1 amide bonds. The van der Waals surface area contributed by atoms with Gasteiger partial charge in [0.05, 0.1) is 5.56 Å². The van der Waals surface area contributed by atoms with E-state index in [1.807, 2.05) is 21.7 Å². The number of hydrogen-bond acceptors (Lipinski definition) is 3. The van der Waals surface area contributed by atoms with E-state index < -0.39 is 0 Å². The average molecular weight is 224 g/mol. The van der Waals surface area contributed by atoms with E-state index in [2.05, 4.69) is 19.2 Å². The Balaban J connectivity index is 2.12. The summed E-state index contributed by atoms with van der Waals surface area (Å²) >= 11 is 1.57. The zero-order valence-corrected chi connectivity index (χ0v) is 9.88. The molecule has 1 aromatic rings. The van der Waals surface area contributed by atoms with Crippen LogP contribution in [-0.2, 0) is 0 Å². The Morgan fingerprint density at radius 2 is 2.40 bits per heavy atom. The molecule has 4 heteroatoms. The summed E-state index contributed by atoms with van der Waals surface area (Å²) in [5, 5.41) is 7.24. The molecule has 1 aliphatic rings. The van der Waals surface area contributed by atoms with E-state index >= 15 is 0 Å². The molecular formula is C11H16N2OS. The number of thiophene rings is 1. The third-order valence-corrected chi connectivity index (χ3v) is 3.48. The second-order valence-corrected chi connectivity index (χ2v) is 4.91. The van der Waals surface area contributed by atoms with Gasteiger partial charge in [-0.1, -0.05) is 0 Å². The quantitative estimate of drug-likeness (QED) is 0.785. The van der Waals surface area contributed by atoms with Crippen LogP contribution in [0.3, 0.4) is 0 Å². The predicted molar refractivity (Wildman–Crippen MR) is 62.3 cm³/mol. The third kappa shape index (κ3) is 2.21. The van der Waals surface area contributed by atoms with Gasteiger partial charge in [-0.2, -0.15) is 11.3 Å². The minimum atomic E-state index is 0.164. The second kappa shape index (κ2) is 4.33. The molecule has 2 heterocycles. The molecule has 1 saturated heterocycles. The van der Waals surface area contributed by atoms with Crippen LogP contribution in [0.1, 0.15) is 24.2 Å². The van der Waals surface area contributed by atoms with Crippen LogP contribution in [0.4, 0.5) is 0 Å². The lowest BCUT2D eigenvalue weighted by molar-refractivity contribution is 0.0617. The summed E-state index contributed by atoms with van der Waals surface area (Å²) in [5.41, 5.74) is 0.820. The lowest BCUT2D eigenvalue weighted by Crippen LogP contribution is -2.56. The van der Waals surface area contributed by atoms with Crippen molar-refractivity contribution in [1.29, 1.82) is 0 Å².